The molecule has 3 rings (SSSR count). The fourth-order valence-corrected chi connectivity index (χ4v) is 2.62. The minimum atomic E-state index is -0.412. The summed E-state index contributed by atoms with van der Waals surface area (Å²) in [5.41, 5.74) is -0.412. The number of rotatable bonds is 1. The molecule has 4 heteroatoms. The van der Waals surface area contributed by atoms with Gasteiger partial charge in [-0.15, -0.1) is 0 Å². The van der Waals surface area contributed by atoms with Crippen LogP contribution in [0.1, 0.15) is 40.0 Å². The summed E-state index contributed by atoms with van der Waals surface area (Å²) >= 11 is 0. The van der Waals surface area contributed by atoms with E-state index in [4.69, 9.17) is 4.74 Å². The van der Waals surface area contributed by atoms with Gasteiger partial charge in [0.05, 0.1) is 0 Å². The number of fused-ring (bicyclic) bond motifs is 3. The number of carbonyl (C=O) groups excluding carboxylic acids is 1. The Kier molecular flexibility index (Phi) is 3.10. The molecule has 16 heavy (non-hydrogen) atoms. The van der Waals surface area contributed by atoms with Crippen LogP contribution in [0.2, 0.25) is 0 Å². The van der Waals surface area contributed by atoms with Crippen molar-refractivity contribution < 1.29 is 9.53 Å². The molecule has 1 aliphatic carbocycles. The summed E-state index contributed by atoms with van der Waals surface area (Å²) in [6, 6.07) is 0.694. The number of amides is 1. The number of hydrogen-bond acceptors (Lipinski definition) is 3. The molecule has 92 valence electrons. The lowest BCUT2D eigenvalue weighted by Gasteiger charge is -2.43. The zero-order valence-electron chi connectivity index (χ0n) is 10.4. The highest BCUT2D eigenvalue weighted by molar-refractivity contribution is 5.68. The number of alkyl carbamates (subject to hydrolysis) is 1. The topological polar surface area (TPSA) is 50.4 Å². The van der Waals surface area contributed by atoms with Gasteiger partial charge in [0, 0.05) is 12.1 Å². The van der Waals surface area contributed by atoms with E-state index < -0.39 is 5.60 Å². The SMILES string of the molecule is CC(C)(C)OC(=O)NC1CC2CCC1NC2. The Labute approximate surface area is 97.1 Å². The third-order valence-electron chi connectivity index (χ3n) is 3.33. The lowest BCUT2D eigenvalue weighted by molar-refractivity contribution is 0.0440. The molecule has 4 nitrogen and oxygen atoms in total. The normalized spacial score (nSPS) is 33.6. The zero-order valence-corrected chi connectivity index (χ0v) is 10.4. The molecule has 2 aliphatic heterocycles. The van der Waals surface area contributed by atoms with E-state index in [2.05, 4.69) is 10.6 Å². The molecule has 2 bridgehead atoms. The predicted molar refractivity (Wildman–Crippen MR) is 62.3 cm³/mol. The number of hydrogen-bond donors (Lipinski definition) is 2. The van der Waals surface area contributed by atoms with Crippen LogP contribution in [0.4, 0.5) is 4.79 Å². The Morgan fingerprint density at radius 2 is 2.12 bits per heavy atom. The van der Waals surface area contributed by atoms with E-state index in [9.17, 15) is 4.79 Å². The average molecular weight is 226 g/mol. The van der Waals surface area contributed by atoms with Gasteiger partial charge in [-0.3, -0.25) is 0 Å². The van der Waals surface area contributed by atoms with E-state index in [0.717, 1.165) is 18.9 Å². The monoisotopic (exact) mass is 226 g/mol. The van der Waals surface area contributed by atoms with E-state index in [1.165, 1.54) is 12.8 Å². The lowest BCUT2D eigenvalue weighted by atomic mass is 9.78. The maximum Gasteiger partial charge on any atom is 0.407 e. The van der Waals surface area contributed by atoms with Crippen LogP contribution in [0.15, 0.2) is 0 Å². The van der Waals surface area contributed by atoms with E-state index >= 15 is 0 Å². The van der Waals surface area contributed by atoms with Crippen molar-refractivity contribution in [3.05, 3.63) is 0 Å². The highest BCUT2D eigenvalue weighted by atomic mass is 16.6. The first-order valence-electron chi connectivity index (χ1n) is 6.17. The summed E-state index contributed by atoms with van der Waals surface area (Å²) in [6.07, 6.45) is 3.28. The second-order valence-corrected chi connectivity index (χ2v) is 5.95. The van der Waals surface area contributed by atoms with E-state index in [1.807, 2.05) is 20.8 Å². The van der Waals surface area contributed by atoms with Crippen molar-refractivity contribution in [3.8, 4) is 0 Å². The molecule has 3 aliphatic rings. The van der Waals surface area contributed by atoms with Crippen molar-refractivity contribution in [2.45, 2.75) is 57.7 Å². The van der Waals surface area contributed by atoms with Crippen LogP contribution in [0.3, 0.4) is 0 Å². The first kappa shape index (κ1) is 11.7. The maximum atomic E-state index is 11.6. The van der Waals surface area contributed by atoms with Crippen molar-refractivity contribution in [2.24, 2.45) is 5.92 Å². The Hall–Kier alpha value is -0.770. The Balaban J connectivity index is 1.83. The van der Waals surface area contributed by atoms with Gasteiger partial charge in [-0.05, 0) is 52.5 Å². The van der Waals surface area contributed by atoms with Crippen LogP contribution in [0.25, 0.3) is 0 Å². The molecule has 1 saturated carbocycles. The third-order valence-corrected chi connectivity index (χ3v) is 3.33. The number of ether oxygens (including phenoxy) is 1. The van der Waals surface area contributed by atoms with Gasteiger partial charge >= 0.3 is 6.09 Å². The van der Waals surface area contributed by atoms with Gasteiger partial charge in [0.2, 0.25) is 0 Å². The van der Waals surface area contributed by atoms with E-state index in [-0.39, 0.29) is 12.1 Å². The molecule has 3 unspecified atom stereocenters. The fraction of sp³-hybridized carbons (Fsp3) is 0.917. The Bertz CT molecular complexity index is 265. The van der Waals surface area contributed by atoms with Crippen LogP contribution in [0.5, 0.6) is 0 Å². The molecule has 2 saturated heterocycles. The number of nitrogens with one attached hydrogen (secondary N) is 2. The summed E-state index contributed by atoms with van der Waals surface area (Å²) in [6.45, 7) is 6.77. The van der Waals surface area contributed by atoms with Gasteiger partial charge in [-0.1, -0.05) is 0 Å². The summed E-state index contributed by atoms with van der Waals surface area (Å²) in [5, 5.41) is 6.45. The first-order chi connectivity index (χ1) is 7.44. The van der Waals surface area contributed by atoms with Gasteiger partial charge in [0.1, 0.15) is 5.60 Å². The van der Waals surface area contributed by atoms with Crippen LogP contribution >= 0.6 is 0 Å². The molecule has 3 atom stereocenters. The molecule has 0 aromatic carbocycles. The molecule has 2 N–H and O–H groups in total. The lowest BCUT2D eigenvalue weighted by Crippen LogP contribution is -2.59. The van der Waals surface area contributed by atoms with Crippen LogP contribution in [0, 0.1) is 5.92 Å². The summed E-state index contributed by atoms with van der Waals surface area (Å²) in [4.78, 5) is 11.6. The molecule has 0 aromatic rings. The smallest absolute Gasteiger partial charge is 0.407 e. The largest absolute Gasteiger partial charge is 0.444 e. The minimum Gasteiger partial charge on any atom is -0.444 e. The molecule has 2 heterocycles. The summed E-state index contributed by atoms with van der Waals surface area (Å²) in [5.74, 6) is 0.727. The standard InChI is InChI=1S/C12H22N2O2/c1-12(2,3)16-11(15)14-10-6-8-4-5-9(10)13-7-8/h8-10,13H,4-7H2,1-3H3,(H,14,15). The van der Waals surface area contributed by atoms with Crippen molar-refractivity contribution in [2.75, 3.05) is 6.54 Å². The van der Waals surface area contributed by atoms with Crippen molar-refractivity contribution in [3.63, 3.8) is 0 Å². The van der Waals surface area contributed by atoms with Gasteiger partial charge in [-0.25, -0.2) is 4.79 Å². The quantitative estimate of drug-likeness (QED) is 0.715. The molecule has 0 aromatic heterocycles. The van der Waals surface area contributed by atoms with E-state index in [1.54, 1.807) is 0 Å². The second-order valence-electron chi connectivity index (χ2n) is 5.95. The summed E-state index contributed by atoms with van der Waals surface area (Å²) in [7, 11) is 0. The highest BCUT2D eigenvalue weighted by Crippen LogP contribution is 2.29. The van der Waals surface area contributed by atoms with Gasteiger partial charge in [-0.2, -0.15) is 0 Å². The number of carbonyl (C=O) groups is 1. The molecule has 0 spiro atoms. The predicted octanol–water partition coefficient (Wildman–Crippen LogP) is 1.65. The maximum absolute atomic E-state index is 11.6. The summed E-state index contributed by atoms with van der Waals surface area (Å²) < 4.78 is 5.27. The van der Waals surface area contributed by atoms with Crippen molar-refractivity contribution >= 4 is 6.09 Å². The molecule has 3 fully saturated rings. The Morgan fingerprint density at radius 3 is 2.56 bits per heavy atom. The molecule has 1 amide bonds. The van der Waals surface area contributed by atoms with Crippen molar-refractivity contribution in [1.29, 1.82) is 0 Å². The average Bonchev–Trinajstić information content (AvgIpc) is 2.16. The first-order valence-corrected chi connectivity index (χ1v) is 6.17. The van der Waals surface area contributed by atoms with Crippen LogP contribution in [-0.2, 0) is 4.74 Å². The Morgan fingerprint density at radius 1 is 1.38 bits per heavy atom. The molecular formula is C12H22N2O2. The van der Waals surface area contributed by atoms with Gasteiger partial charge in [0.25, 0.3) is 0 Å². The van der Waals surface area contributed by atoms with Crippen LogP contribution < -0.4 is 10.6 Å². The molecule has 0 radical (unpaired) electrons. The number of piperidine rings is 2. The highest BCUT2D eigenvalue weighted by Gasteiger charge is 2.36. The van der Waals surface area contributed by atoms with E-state index in [0.29, 0.717) is 6.04 Å². The van der Waals surface area contributed by atoms with Gasteiger partial charge in [0.15, 0.2) is 0 Å². The second kappa shape index (κ2) is 4.24. The van der Waals surface area contributed by atoms with Crippen LogP contribution in [-0.4, -0.2) is 30.3 Å². The van der Waals surface area contributed by atoms with Gasteiger partial charge < -0.3 is 15.4 Å². The zero-order chi connectivity index (χ0) is 11.8. The molecular weight excluding hydrogens is 204 g/mol. The van der Waals surface area contributed by atoms with Crippen molar-refractivity contribution in [1.82, 2.24) is 10.6 Å². The minimum absolute atomic E-state index is 0.252. The third kappa shape index (κ3) is 2.88. The fourth-order valence-electron chi connectivity index (χ4n) is 2.62.